The van der Waals surface area contributed by atoms with Crippen molar-refractivity contribution in [3.8, 4) is 11.5 Å². The van der Waals surface area contributed by atoms with E-state index in [2.05, 4.69) is 30.2 Å². The second-order valence-corrected chi connectivity index (χ2v) is 6.49. The number of anilines is 2. The van der Waals surface area contributed by atoms with Crippen LogP contribution in [0.4, 0.5) is 11.5 Å². The minimum absolute atomic E-state index is 0.193. The van der Waals surface area contributed by atoms with E-state index in [0.29, 0.717) is 35.9 Å². The van der Waals surface area contributed by atoms with Gasteiger partial charge >= 0.3 is 0 Å². The molecule has 0 fully saturated rings. The molecular formula is C13H17N7O2S. The molecule has 3 rings (SSSR count). The number of nitrogens with two attached hydrogens (primary N) is 1. The van der Waals surface area contributed by atoms with Gasteiger partial charge in [0.15, 0.2) is 17.3 Å². The van der Waals surface area contributed by atoms with E-state index in [0.717, 1.165) is 11.2 Å². The molecule has 1 unspecified atom stereocenters. The largest absolute Gasteiger partial charge is 0.381 e. The molecular weight excluding hydrogens is 318 g/mol. The second kappa shape index (κ2) is 6.32. The molecule has 0 aliphatic rings. The first-order valence-electron chi connectivity index (χ1n) is 7.08. The van der Waals surface area contributed by atoms with Gasteiger partial charge in [0.25, 0.3) is 0 Å². The van der Waals surface area contributed by atoms with E-state index >= 15 is 0 Å². The van der Waals surface area contributed by atoms with Crippen molar-refractivity contribution in [2.75, 3.05) is 29.6 Å². The predicted molar refractivity (Wildman–Crippen MR) is 88.3 cm³/mol. The summed E-state index contributed by atoms with van der Waals surface area (Å²) < 4.78 is 17.9. The van der Waals surface area contributed by atoms with Crippen molar-refractivity contribution in [2.45, 2.75) is 13.5 Å². The number of imidazole rings is 1. The zero-order chi connectivity index (χ0) is 16.4. The molecule has 0 spiro atoms. The summed E-state index contributed by atoms with van der Waals surface area (Å²) in [6.45, 7) is 3.25. The van der Waals surface area contributed by atoms with Crippen LogP contribution in [-0.2, 0) is 17.3 Å². The lowest BCUT2D eigenvalue weighted by atomic mass is 10.3. The van der Waals surface area contributed by atoms with Crippen LogP contribution in [0.3, 0.4) is 0 Å². The number of pyridine rings is 1. The Morgan fingerprint density at radius 3 is 2.87 bits per heavy atom. The Balaban J connectivity index is 2.08. The first-order chi connectivity index (χ1) is 11.1. The fraction of sp³-hybridized carbons (Fsp3) is 0.385. The Hall–Kier alpha value is -2.49. The van der Waals surface area contributed by atoms with E-state index in [1.807, 2.05) is 11.5 Å². The van der Waals surface area contributed by atoms with Gasteiger partial charge in [-0.25, -0.2) is 9.61 Å². The van der Waals surface area contributed by atoms with Crippen molar-refractivity contribution < 1.29 is 8.84 Å². The Bertz CT molecular complexity index is 857. The lowest BCUT2D eigenvalue weighted by molar-refractivity contribution is 0.310. The van der Waals surface area contributed by atoms with Gasteiger partial charge in [0, 0.05) is 35.9 Å². The topological polar surface area (TPSA) is 125 Å². The van der Waals surface area contributed by atoms with Crippen LogP contribution >= 0.6 is 0 Å². The maximum Gasteiger partial charge on any atom is 0.199 e. The number of rotatable bonds is 6. The third-order valence-electron chi connectivity index (χ3n) is 3.40. The molecule has 3 aromatic rings. The number of nitrogens with zero attached hydrogens (tertiary/aromatic N) is 5. The summed E-state index contributed by atoms with van der Waals surface area (Å²) >= 11 is 0. The van der Waals surface area contributed by atoms with E-state index in [-0.39, 0.29) is 5.82 Å². The molecule has 0 aromatic carbocycles. The summed E-state index contributed by atoms with van der Waals surface area (Å²) in [5.74, 6) is 1.33. The molecule has 0 saturated carbocycles. The fourth-order valence-corrected chi connectivity index (χ4v) is 2.78. The van der Waals surface area contributed by atoms with E-state index in [1.165, 1.54) is 0 Å². The quantitative estimate of drug-likeness (QED) is 0.680. The fourth-order valence-electron chi connectivity index (χ4n) is 2.39. The molecule has 23 heavy (non-hydrogen) atoms. The predicted octanol–water partition coefficient (Wildman–Crippen LogP) is 0.874. The van der Waals surface area contributed by atoms with Gasteiger partial charge in [-0.3, -0.25) is 9.19 Å². The number of aromatic nitrogens is 5. The van der Waals surface area contributed by atoms with Crippen LogP contribution in [0.5, 0.6) is 0 Å². The maximum atomic E-state index is 11.2. The van der Waals surface area contributed by atoms with Gasteiger partial charge in [-0.15, -0.1) is 0 Å². The number of hydrogen-bond acceptors (Lipinski definition) is 8. The van der Waals surface area contributed by atoms with Crippen molar-refractivity contribution in [3.63, 3.8) is 0 Å². The van der Waals surface area contributed by atoms with E-state index < -0.39 is 10.8 Å². The van der Waals surface area contributed by atoms with E-state index in [4.69, 9.17) is 5.73 Å². The molecule has 122 valence electrons. The van der Waals surface area contributed by atoms with Crippen LogP contribution < -0.4 is 11.1 Å². The first-order valence-corrected chi connectivity index (χ1v) is 8.81. The van der Waals surface area contributed by atoms with Crippen LogP contribution in [-0.4, -0.2) is 47.6 Å². The van der Waals surface area contributed by atoms with Crippen molar-refractivity contribution in [3.05, 3.63) is 12.4 Å². The molecule has 3 N–H and O–H groups in total. The number of nitrogen functional groups attached to an aromatic ring is 1. The highest BCUT2D eigenvalue weighted by atomic mass is 32.2. The highest BCUT2D eigenvalue weighted by Gasteiger charge is 2.20. The molecule has 0 aliphatic carbocycles. The smallest absolute Gasteiger partial charge is 0.199 e. The molecule has 10 heteroatoms. The Kier molecular flexibility index (Phi) is 4.24. The number of hydrogen-bond donors (Lipinski definition) is 2. The summed E-state index contributed by atoms with van der Waals surface area (Å²) in [6, 6.07) is 0. The SMILES string of the molecule is CCn1c(-c2nonc2N)nc2cncc(NCCS(C)=O)c21. The Labute approximate surface area is 134 Å². The van der Waals surface area contributed by atoms with Crippen LogP contribution in [0.1, 0.15) is 6.92 Å². The van der Waals surface area contributed by atoms with Gasteiger partial charge in [0.2, 0.25) is 0 Å². The van der Waals surface area contributed by atoms with Crippen molar-refractivity contribution in [2.24, 2.45) is 0 Å². The molecule has 0 bridgehead atoms. The first kappa shape index (κ1) is 15.4. The van der Waals surface area contributed by atoms with Gasteiger partial charge < -0.3 is 15.6 Å². The summed E-state index contributed by atoms with van der Waals surface area (Å²) in [6.07, 6.45) is 5.08. The highest BCUT2D eigenvalue weighted by molar-refractivity contribution is 7.84. The zero-order valence-electron chi connectivity index (χ0n) is 12.8. The van der Waals surface area contributed by atoms with Gasteiger partial charge in [0.1, 0.15) is 5.52 Å². The number of fused-ring (bicyclic) bond motifs is 1. The molecule has 0 aliphatic heterocycles. The molecule has 3 heterocycles. The van der Waals surface area contributed by atoms with Crippen LogP contribution in [0.25, 0.3) is 22.6 Å². The lowest BCUT2D eigenvalue weighted by Gasteiger charge is -2.09. The van der Waals surface area contributed by atoms with E-state index in [1.54, 1.807) is 18.6 Å². The third kappa shape index (κ3) is 2.89. The standard InChI is InChI=1S/C13H17N7O2S/c1-3-20-11-8(16-4-5-23(2)21)6-15-7-9(11)17-13(20)10-12(14)19-22-18-10/h6-7,16H,3-5H2,1-2H3,(H2,14,19). The molecule has 0 saturated heterocycles. The van der Waals surface area contributed by atoms with E-state index in [9.17, 15) is 4.21 Å². The summed E-state index contributed by atoms with van der Waals surface area (Å²) in [5, 5.41) is 10.7. The molecule has 3 aromatic heterocycles. The van der Waals surface area contributed by atoms with Gasteiger partial charge in [-0.1, -0.05) is 0 Å². The normalized spacial score (nSPS) is 12.6. The summed E-state index contributed by atoms with van der Waals surface area (Å²) in [7, 11) is -0.855. The monoisotopic (exact) mass is 335 g/mol. The van der Waals surface area contributed by atoms with Crippen LogP contribution in [0.2, 0.25) is 0 Å². The highest BCUT2D eigenvalue weighted by Crippen LogP contribution is 2.29. The second-order valence-electron chi connectivity index (χ2n) is 4.94. The molecule has 1 atom stereocenters. The lowest BCUT2D eigenvalue weighted by Crippen LogP contribution is -2.11. The number of aryl methyl sites for hydroxylation is 1. The average molecular weight is 335 g/mol. The molecule has 0 amide bonds. The maximum absolute atomic E-state index is 11.2. The summed E-state index contributed by atoms with van der Waals surface area (Å²) in [5.41, 5.74) is 8.62. The van der Waals surface area contributed by atoms with Crippen LogP contribution in [0, 0.1) is 0 Å². The van der Waals surface area contributed by atoms with Crippen molar-refractivity contribution in [1.29, 1.82) is 0 Å². The van der Waals surface area contributed by atoms with Gasteiger partial charge in [-0.2, -0.15) is 0 Å². The summed E-state index contributed by atoms with van der Waals surface area (Å²) in [4.78, 5) is 8.75. The minimum Gasteiger partial charge on any atom is -0.381 e. The van der Waals surface area contributed by atoms with Crippen molar-refractivity contribution in [1.82, 2.24) is 24.8 Å². The van der Waals surface area contributed by atoms with Gasteiger partial charge in [-0.05, 0) is 17.2 Å². The molecule has 0 radical (unpaired) electrons. The zero-order valence-corrected chi connectivity index (χ0v) is 13.6. The van der Waals surface area contributed by atoms with Crippen molar-refractivity contribution >= 4 is 33.3 Å². The average Bonchev–Trinajstić information content (AvgIpc) is 3.09. The van der Waals surface area contributed by atoms with Gasteiger partial charge in [0.05, 0.1) is 23.6 Å². The van der Waals surface area contributed by atoms with Crippen LogP contribution in [0.15, 0.2) is 17.0 Å². The Morgan fingerprint density at radius 1 is 1.39 bits per heavy atom. The molecule has 9 nitrogen and oxygen atoms in total. The third-order valence-corrected chi connectivity index (χ3v) is 4.18. The Morgan fingerprint density at radius 2 is 2.22 bits per heavy atom. The minimum atomic E-state index is -0.855. The number of nitrogens with one attached hydrogen (secondary N) is 1.